The third-order valence-corrected chi connectivity index (χ3v) is 6.85. The van der Waals surface area contributed by atoms with E-state index in [1.54, 1.807) is 41.9 Å². The summed E-state index contributed by atoms with van der Waals surface area (Å²) >= 11 is 0. The molecule has 1 N–H and O–H groups in total. The average Bonchev–Trinajstić information content (AvgIpc) is 2.73. The largest absolute Gasteiger partial charge is 0.496 e. The van der Waals surface area contributed by atoms with E-state index in [4.69, 9.17) is 4.74 Å². The van der Waals surface area contributed by atoms with Crippen molar-refractivity contribution in [2.75, 3.05) is 26.7 Å². The lowest BCUT2D eigenvalue weighted by molar-refractivity contribution is 0.265. The first kappa shape index (κ1) is 20.5. The molecule has 2 aromatic carbocycles. The number of para-hydroxylation sites is 1. The van der Waals surface area contributed by atoms with Gasteiger partial charge in [0.15, 0.2) is 0 Å². The van der Waals surface area contributed by atoms with Crippen LogP contribution in [0.2, 0.25) is 0 Å². The molecule has 6 nitrogen and oxygen atoms in total. The first-order valence-corrected chi connectivity index (χ1v) is 10.3. The molecule has 1 fully saturated rings. The van der Waals surface area contributed by atoms with Crippen molar-refractivity contribution in [1.82, 2.24) is 14.6 Å². The van der Waals surface area contributed by atoms with Crippen molar-refractivity contribution in [3.63, 3.8) is 0 Å². The summed E-state index contributed by atoms with van der Waals surface area (Å²) < 4.78 is 34.3. The summed E-state index contributed by atoms with van der Waals surface area (Å²) in [7, 11) is -2.11. The molecule has 0 radical (unpaired) electrons. The van der Waals surface area contributed by atoms with Gasteiger partial charge in [0.1, 0.15) is 5.75 Å². The summed E-state index contributed by atoms with van der Waals surface area (Å²) in [6, 6.07) is 16.0. The van der Waals surface area contributed by atoms with Crippen LogP contribution in [0, 0.1) is 0 Å². The predicted octanol–water partition coefficient (Wildman–Crippen LogP) is 3.00. The molecule has 1 aliphatic heterocycles. The Morgan fingerprint density at radius 3 is 2.75 bits per heavy atom. The van der Waals surface area contributed by atoms with Crippen LogP contribution in [0.1, 0.15) is 11.6 Å². The zero-order valence-corrected chi connectivity index (χ0v) is 17.0. The number of pyridine rings is 1. The Kier molecular flexibility index (Phi) is 6.20. The van der Waals surface area contributed by atoms with Crippen molar-refractivity contribution >= 4 is 33.3 Å². The van der Waals surface area contributed by atoms with Crippen LogP contribution in [0.3, 0.4) is 0 Å². The van der Waals surface area contributed by atoms with Crippen LogP contribution < -0.4 is 10.1 Å². The number of rotatable bonds is 4. The van der Waals surface area contributed by atoms with Gasteiger partial charge >= 0.3 is 0 Å². The third kappa shape index (κ3) is 3.58. The quantitative estimate of drug-likeness (QED) is 0.703. The van der Waals surface area contributed by atoms with E-state index < -0.39 is 10.0 Å². The molecule has 28 heavy (non-hydrogen) atoms. The van der Waals surface area contributed by atoms with E-state index in [-0.39, 0.29) is 23.3 Å². The number of hydrogen-bond acceptors (Lipinski definition) is 5. The van der Waals surface area contributed by atoms with E-state index in [0.717, 1.165) is 5.56 Å². The monoisotopic (exact) mass is 419 g/mol. The van der Waals surface area contributed by atoms with Crippen molar-refractivity contribution in [3.05, 3.63) is 66.4 Å². The molecule has 1 saturated heterocycles. The Bertz CT molecular complexity index is 1070. The van der Waals surface area contributed by atoms with Crippen molar-refractivity contribution < 1.29 is 13.2 Å². The minimum Gasteiger partial charge on any atom is -0.496 e. The predicted molar refractivity (Wildman–Crippen MR) is 111 cm³/mol. The summed E-state index contributed by atoms with van der Waals surface area (Å²) in [4.78, 5) is 4.58. The molecule has 0 aliphatic carbocycles. The Balaban J connectivity index is 0.00000225. The third-order valence-electron chi connectivity index (χ3n) is 4.88. The highest BCUT2D eigenvalue weighted by atomic mass is 35.5. The molecular formula is C20H22ClN3O3S. The molecule has 1 unspecified atom stereocenters. The molecule has 8 heteroatoms. The molecule has 0 bridgehead atoms. The molecule has 3 aromatic rings. The van der Waals surface area contributed by atoms with Crippen molar-refractivity contribution in [1.29, 1.82) is 0 Å². The van der Waals surface area contributed by atoms with E-state index in [9.17, 15) is 8.42 Å². The van der Waals surface area contributed by atoms with E-state index in [1.807, 2.05) is 30.3 Å². The number of piperazine rings is 1. The van der Waals surface area contributed by atoms with Crippen LogP contribution in [0.25, 0.3) is 10.9 Å². The van der Waals surface area contributed by atoms with Crippen LogP contribution in [-0.2, 0) is 10.0 Å². The van der Waals surface area contributed by atoms with Crippen molar-refractivity contribution in [2.24, 2.45) is 0 Å². The highest BCUT2D eigenvalue weighted by Gasteiger charge is 2.36. The molecule has 1 atom stereocenters. The molecule has 0 spiro atoms. The number of hydrogen-bond donors (Lipinski definition) is 1. The van der Waals surface area contributed by atoms with Gasteiger partial charge in [0.2, 0.25) is 10.0 Å². The van der Waals surface area contributed by atoms with Crippen LogP contribution in [-0.4, -0.2) is 44.5 Å². The fourth-order valence-corrected chi connectivity index (χ4v) is 5.42. The summed E-state index contributed by atoms with van der Waals surface area (Å²) in [5, 5.41) is 3.94. The highest BCUT2D eigenvalue weighted by molar-refractivity contribution is 7.89. The second kappa shape index (κ2) is 8.45. The number of fused-ring (bicyclic) bond motifs is 1. The second-order valence-electron chi connectivity index (χ2n) is 6.40. The lowest BCUT2D eigenvalue weighted by Crippen LogP contribution is -2.48. The lowest BCUT2D eigenvalue weighted by atomic mass is 10.0. The summed E-state index contributed by atoms with van der Waals surface area (Å²) in [6.07, 6.45) is 1.67. The molecular weight excluding hydrogens is 398 g/mol. The van der Waals surface area contributed by atoms with Gasteiger partial charge in [-0.25, -0.2) is 8.42 Å². The zero-order valence-electron chi connectivity index (χ0n) is 15.4. The zero-order chi connectivity index (χ0) is 18.9. The van der Waals surface area contributed by atoms with Crippen molar-refractivity contribution in [2.45, 2.75) is 10.9 Å². The Morgan fingerprint density at radius 2 is 1.93 bits per heavy atom. The number of nitrogens with one attached hydrogen (secondary N) is 1. The standard InChI is InChI=1S/C20H21N3O3S.ClH/c1-26-19-9-3-2-6-16(19)18-14-21-12-13-23(18)27(24,25)20-10-4-8-17-15(20)7-5-11-22-17;/h2-11,18,21H,12-14H2,1H3;1H. The molecule has 2 heterocycles. The van der Waals surface area contributed by atoms with Gasteiger partial charge in [-0.1, -0.05) is 24.3 Å². The second-order valence-corrected chi connectivity index (χ2v) is 8.26. The number of aromatic nitrogens is 1. The first-order chi connectivity index (χ1) is 13.1. The Morgan fingerprint density at radius 1 is 1.11 bits per heavy atom. The molecule has 1 aromatic heterocycles. The van der Waals surface area contributed by atoms with Gasteiger partial charge in [-0.2, -0.15) is 4.31 Å². The van der Waals surface area contributed by atoms with Crippen LogP contribution in [0.5, 0.6) is 5.75 Å². The molecule has 0 saturated carbocycles. The minimum atomic E-state index is -3.71. The normalized spacial score (nSPS) is 17.8. The van der Waals surface area contributed by atoms with Gasteiger partial charge < -0.3 is 10.1 Å². The minimum absolute atomic E-state index is 0. The van der Waals surface area contributed by atoms with E-state index in [1.165, 1.54) is 0 Å². The first-order valence-electron chi connectivity index (χ1n) is 8.82. The van der Waals surface area contributed by atoms with Crippen LogP contribution in [0.15, 0.2) is 65.7 Å². The van der Waals surface area contributed by atoms with Gasteiger partial charge in [-0.15, -0.1) is 12.4 Å². The number of ether oxygens (including phenoxy) is 1. The average molecular weight is 420 g/mol. The van der Waals surface area contributed by atoms with Gasteiger partial charge in [0, 0.05) is 36.8 Å². The SMILES string of the molecule is COc1ccccc1C1CNCCN1S(=O)(=O)c1cccc2ncccc12.Cl. The smallest absolute Gasteiger partial charge is 0.244 e. The maximum atomic E-state index is 13.6. The maximum Gasteiger partial charge on any atom is 0.244 e. The van der Waals surface area contributed by atoms with Crippen LogP contribution in [0.4, 0.5) is 0 Å². The van der Waals surface area contributed by atoms with Crippen molar-refractivity contribution in [3.8, 4) is 5.75 Å². The number of nitrogens with zero attached hydrogens (tertiary/aromatic N) is 2. The number of halogens is 1. The highest BCUT2D eigenvalue weighted by Crippen LogP contribution is 2.35. The summed E-state index contributed by atoms with van der Waals surface area (Å²) in [6.45, 7) is 1.53. The van der Waals surface area contributed by atoms with Gasteiger partial charge in [-0.3, -0.25) is 4.98 Å². The Hall–Kier alpha value is -2.19. The van der Waals surface area contributed by atoms with Crippen LogP contribution >= 0.6 is 12.4 Å². The fourth-order valence-electron chi connectivity index (χ4n) is 3.61. The Labute approximate surface area is 171 Å². The summed E-state index contributed by atoms with van der Waals surface area (Å²) in [5.74, 6) is 0.686. The fraction of sp³-hybridized carbons (Fsp3) is 0.250. The topological polar surface area (TPSA) is 71.5 Å². The molecule has 0 amide bonds. The van der Waals surface area contributed by atoms with E-state index in [0.29, 0.717) is 36.3 Å². The lowest BCUT2D eigenvalue weighted by Gasteiger charge is -2.36. The molecule has 1 aliphatic rings. The maximum absolute atomic E-state index is 13.6. The number of methoxy groups -OCH3 is 1. The van der Waals surface area contributed by atoms with Gasteiger partial charge in [-0.05, 0) is 30.3 Å². The number of benzene rings is 2. The number of sulfonamides is 1. The van der Waals surface area contributed by atoms with E-state index >= 15 is 0 Å². The van der Waals surface area contributed by atoms with Gasteiger partial charge in [0.05, 0.1) is 23.6 Å². The summed E-state index contributed by atoms with van der Waals surface area (Å²) in [5.41, 5.74) is 1.52. The van der Waals surface area contributed by atoms with Gasteiger partial charge in [0.25, 0.3) is 0 Å². The molecule has 4 rings (SSSR count). The van der Waals surface area contributed by atoms with E-state index in [2.05, 4.69) is 10.3 Å². The molecule has 148 valence electrons.